The molecule has 0 bridgehead atoms. The fraction of sp³-hybridized carbons (Fsp3) is 0.100. The molecule has 0 unspecified atom stereocenters. The van der Waals surface area contributed by atoms with Crippen LogP contribution in [0.1, 0.15) is 10.4 Å². The summed E-state index contributed by atoms with van der Waals surface area (Å²) >= 11 is 0. The average molecular weight is 236 g/mol. The fourth-order valence-corrected chi connectivity index (χ4v) is 1.12. The number of primary amides is 2. The number of anilines is 1. The second-order valence-electron chi connectivity index (χ2n) is 3.22. The second kappa shape index (κ2) is 5.50. The number of hydrogen-bond acceptors (Lipinski definition) is 3. The summed E-state index contributed by atoms with van der Waals surface area (Å²) in [6.45, 7) is -0.222. The van der Waals surface area contributed by atoms with Crippen molar-refractivity contribution in [2.45, 2.75) is 0 Å². The molecule has 0 atom stereocenters. The first kappa shape index (κ1) is 12.5. The first-order valence-electron chi connectivity index (χ1n) is 4.72. The molecule has 4 amide bonds. The van der Waals surface area contributed by atoms with Crippen molar-refractivity contribution in [3.05, 3.63) is 29.8 Å². The highest BCUT2D eigenvalue weighted by molar-refractivity contribution is 5.97. The van der Waals surface area contributed by atoms with Crippen molar-refractivity contribution in [3.8, 4) is 0 Å². The number of carbonyl (C=O) groups excluding carboxylic acids is 3. The van der Waals surface area contributed by atoms with Crippen LogP contribution >= 0.6 is 0 Å². The van der Waals surface area contributed by atoms with Gasteiger partial charge in [0, 0.05) is 11.3 Å². The van der Waals surface area contributed by atoms with Gasteiger partial charge in [-0.05, 0) is 24.3 Å². The standard InChI is InChI=1S/C10H12N4O3/c11-8(15)5-13-9(16)6-1-3-7(4-2-6)14-10(12)17/h1-4H,5H2,(H2,11,15)(H,13,16)(H3,12,14,17). The highest BCUT2D eigenvalue weighted by Crippen LogP contribution is 2.08. The Labute approximate surface area is 97.2 Å². The number of carbonyl (C=O) groups is 3. The highest BCUT2D eigenvalue weighted by atomic mass is 16.2. The van der Waals surface area contributed by atoms with Crippen molar-refractivity contribution in [2.24, 2.45) is 11.5 Å². The number of amides is 4. The number of urea groups is 1. The van der Waals surface area contributed by atoms with Crippen LogP contribution in [-0.2, 0) is 4.79 Å². The van der Waals surface area contributed by atoms with Crippen LogP contribution in [0.3, 0.4) is 0 Å². The highest BCUT2D eigenvalue weighted by Gasteiger charge is 2.06. The third kappa shape index (κ3) is 4.20. The zero-order valence-electron chi connectivity index (χ0n) is 8.90. The van der Waals surface area contributed by atoms with Gasteiger partial charge in [-0.15, -0.1) is 0 Å². The van der Waals surface area contributed by atoms with E-state index in [1.54, 1.807) is 0 Å². The van der Waals surface area contributed by atoms with Gasteiger partial charge >= 0.3 is 6.03 Å². The predicted octanol–water partition coefficient (Wildman–Crippen LogP) is -0.608. The third-order valence-corrected chi connectivity index (χ3v) is 1.84. The summed E-state index contributed by atoms with van der Waals surface area (Å²) < 4.78 is 0. The van der Waals surface area contributed by atoms with E-state index in [1.807, 2.05) is 0 Å². The van der Waals surface area contributed by atoms with Gasteiger partial charge in [0.2, 0.25) is 5.91 Å². The molecule has 0 aliphatic rings. The topological polar surface area (TPSA) is 127 Å². The summed E-state index contributed by atoms with van der Waals surface area (Å²) in [7, 11) is 0. The summed E-state index contributed by atoms with van der Waals surface area (Å²) in [5.41, 5.74) is 10.6. The monoisotopic (exact) mass is 236 g/mol. The first-order valence-corrected chi connectivity index (χ1v) is 4.72. The van der Waals surface area contributed by atoms with E-state index in [1.165, 1.54) is 24.3 Å². The maximum atomic E-state index is 11.5. The minimum atomic E-state index is -0.684. The Kier molecular flexibility index (Phi) is 4.04. The summed E-state index contributed by atoms with van der Waals surface area (Å²) in [5, 5.41) is 4.69. The maximum absolute atomic E-state index is 11.5. The first-order chi connectivity index (χ1) is 7.99. The minimum Gasteiger partial charge on any atom is -0.368 e. The van der Waals surface area contributed by atoms with Gasteiger partial charge in [-0.2, -0.15) is 0 Å². The van der Waals surface area contributed by atoms with Crippen LogP contribution in [0.2, 0.25) is 0 Å². The van der Waals surface area contributed by atoms with Gasteiger partial charge in [0.1, 0.15) is 0 Å². The number of benzene rings is 1. The van der Waals surface area contributed by atoms with E-state index in [0.717, 1.165) is 0 Å². The molecule has 7 nitrogen and oxygen atoms in total. The van der Waals surface area contributed by atoms with Crippen molar-refractivity contribution in [1.82, 2.24) is 5.32 Å². The Hall–Kier alpha value is -2.57. The molecule has 1 aromatic rings. The number of nitrogens with two attached hydrogens (primary N) is 2. The van der Waals surface area contributed by atoms with Crippen molar-refractivity contribution >= 4 is 23.5 Å². The molecule has 1 rings (SSSR count). The largest absolute Gasteiger partial charge is 0.368 e. The lowest BCUT2D eigenvalue weighted by Gasteiger charge is -2.04. The van der Waals surface area contributed by atoms with E-state index in [-0.39, 0.29) is 6.54 Å². The van der Waals surface area contributed by atoms with Gasteiger partial charge in [-0.3, -0.25) is 9.59 Å². The third-order valence-electron chi connectivity index (χ3n) is 1.84. The lowest BCUT2D eigenvalue weighted by atomic mass is 10.2. The summed E-state index contributed by atoms with van der Waals surface area (Å²) in [6.07, 6.45) is 0. The molecule has 0 heterocycles. The number of rotatable bonds is 4. The van der Waals surface area contributed by atoms with Crippen LogP contribution in [0.4, 0.5) is 10.5 Å². The normalized spacial score (nSPS) is 9.41. The van der Waals surface area contributed by atoms with E-state index < -0.39 is 17.8 Å². The van der Waals surface area contributed by atoms with Crippen LogP contribution in [0.25, 0.3) is 0 Å². The van der Waals surface area contributed by atoms with Crippen LogP contribution < -0.4 is 22.1 Å². The molecule has 7 heteroatoms. The maximum Gasteiger partial charge on any atom is 0.316 e. The van der Waals surface area contributed by atoms with E-state index >= 15 is 0 Å². The molecule has 0 radical (unpaired) electrons. The summed E-state index contributed by atoms with van der Waals surface area (Å²) in [5.74, 6) is -1.04. The molecule has 0 aliphatic heterocycles. The van der Waals surface area contributed by atoms with E-state index in [2.05, 4.69) is 10.6 Å². The Morgan fingerprint density at radius 3 is 2.12 bits per heavy atom. The summed E-state index contributed by atoms with van der Waals surface area (Å²) in [4.78, 5) is 32.5. The van der Waals surface area contributed by atoms with Gasteiger partial charge in [0.25, 0.3) is 5.91 Å². The van der Waals surface area contributed by atoms with Crippen LogP contribution in [0.15, 0.2) is 24.3 Å². The zero-order chi connectivity index (χ0) is 12.8. The second-order valence-corrected chi connectivity index (χ2v) is 3.22. The molecule has 17 heavy (non-hydrogen) atoms. The van der Waals surface area contributed by atoms with Gasteiger partial charge in [-0.1, -0.05) is 0 Å². The molecule has 0 aliphatic carbocycles. The predicted molar refractivity (Wildman–Crippen MR) is 61.2 cm³/mol. The Morgan fingerprint density at radius 2 is 1.65 bits per heavy atom. The quantitative estimate of drug-likeness (QED) is 0.556. The zero-order valence-corrected chi connectivity index (χ0v) is 8.90. The van der Waals surface area contributed by atoms with Gasteiger partial charge in [0.15, 0.2) is 0 Å². The van der Waals surface area contributed by atoms with Crippen LogP contribution in [-0.4, -0.2) is 24.4 Å². The van der Waals surface area contributed by atoms with Gasteiger partial charge in [-0.25, -0.2) is 4.79 Å². The van der Waals surface area contributed by atoms with Crippen LogP contribution in [0.5, 0.6) is 0 Å². The molecule has 6 N–H and O–H groups in total. The lowest BCUT2D eigenvalue weighted by molar-refractivity contribution is -0.117. The fourth-order valence-electron chi connectivity index (χ4n) is 1.12. The van der Waals surface area contributed by atoms with Crippen molar-refractivity contribution in [3.63, 3.8) is 0 Å². The van der Waals surface area contributed by atoms with Crippen LogP contribution in [0, 0.1) is 0 Å². The van der Waals surface area contributed by atoms with E-state index in [0.29, 0.717) is 11.3 Å². The Balaban J connectivity index is 2.63. The SMILES string of the molecule is NC(=O)CNC(=O)c1ccc(NC(N)=O)cc1. The van der Waals surface area contributed by atoms with Crippen molar-refractivity contribution in [2.75, 3.05) is 11.9 Å². The lowest BCUT2D eigenvalue weighted by Crippen LogP contribution is -2.33. The average Bonchev–Trinajstić information content (AvgIpc) is 2.26. The molecule has 0 saturated heterocycles. The molecule has 1 aromatic carbocycles. The van der Waals surface area contributed by atoms with Gasteiger partial charge < -0.3 is 22.1 Å². The number of hydrogen-bond donors (Lipinski definition) is 4. The van der Waals surface area contributed by atoms with E-state index in [4.69, 9.17) is 11.5 Å². The minimum absolute atomic E-state index is 0.222. The molecular formula is C10H12N4O3. The molecule has 0 fully saturated rings. The molecule has 90 valence electrons. The van der Waals surface area contributed by atoms with Crippen molar-refractivity contribution < 1.29 is 14.4 Å². The molecule has 0 aromatic heterocycles. The summed E-state index contributed by atoms with van der Waals surface area (Å²) in [6, 6.07) is 5.33. The van der Waals surface area contributed by atoms with Crippen molar-refractivity contribution in [1.29, 1.82) is 0 Å². The smallest absolute Gasteiger partial charge is 0.316 e. The molecule has 0 saturated carbocycles. The Morgan fingerprint density at radius 1 is 1.06 bits per heavy atom. The van der Waals surface area contributed by atoms with Gasteiger partial charge in [0.05, 0.1) is 6.54 Å². The molecule has 0 spiro atoms. The van der Waals surface area contributed by atoms with E-state index in [9.17, 15) is 14.4 Å². The number of nitrogens with one attached hydrogen (secondary N) is 2. The Bertz CT molecular complexity index is 441. The molecular weight excluding hydrogens is 224 g/mol.